The maximum atomic E-state index is 13.1. The first-order valence-corrected chi connectivity index (χ1v) is 11.8. The maximum absolute atomic E-state index is 13.1. The van der Waals surface area contributed by atoms with Crippen LogP contribution in [0.2, 0.25) is 0 Å². The zero-order valence-corrected chi connectivity index (χ0v) is 21.2. The molecule has 0 spiro atoms. The number of carbonyl (C=O) groups is 3. The number of methoxy groups -OCH3 is 1. The van der Waals surface area contributed by atoms with E-state index >= 15 is 0 Å². The first kappa shape index (κ1) is 25.4. The van der Waals surface area contributed by atoms with Crippen molar-refractivity contribution < 1.29 is 19.1 Å². The van der Waals surface area contributed by atoms with Gasteiger partial charge in [0.15, 0.2) is 0 Å². The minimum atomic E-state index is -0.580. The summed E-state index contributed by atoms with van der Waals surface area (Å²) in [7, 11) is 4.94. The average Bonchev–Trinajstić information content (AvgIpc) is 3.25. The molecule has 0 saturated carbocycles. The number of rotatable bonds is 8. The van der Waals surface area contributed by atoms with Crippen LogP contribution in [0.4, 0.5) is 17.1 Å². The van der Waals surface area contributed by atoms with Crippen LogP contribution in [0.15, 0.2) is 66.9 Å². The predicted octanol–water partition coefficient (Wildman–Crippen LogP) is 3.72. The third-order valence-corrected chi connectivity index (χ3v) is 6.21. The standard InChI is InChI=1S/C28H29N5O4/c1-5-32(2)24(34)17-33(3)20-13-11-19(12-14-20)30-26(18-9-7-6-8-10-18)25-21-16-29-23(28(36)37-4)15-22(21)31-27(25)35/h6-16,30H,5,17H2,1-4H3,(H,31,35)/b26-25-. The molecule has 0 radical (unpaired) electrons. The molecule has 0 atom stereocenters. The van der Waals surface area contributed by atoms with Crippen molar-refractivity contribution in [3.8, 4) is 0 Å². The van der Waals surface area contributed by atoms with Gasteiger partial charge in [-0.1, -0.05) is 30.3 Å². The highest BCUT2D eigenvalue weighted by molar-refractivity contribution is 6.37. The maximum Gasteiger partial charge on any atom is 0.356 e. The third-order valence-electron chi connectivity index (χ3n) is 6.21. The summed E-state index contributed by atoms with van der Waals surface area (Å²) in [6.07, 6.45) is 1.50. The van der Waals surface area contributed by atoms with Gasteiger partial charge in [0, 0.05) is 43.8 Å². The number of nitrogens with one attached hydrogen (secondary N) is 2. The minimum absolute atomic E-state index is 0.0400. The number of carbonyl (C=O) groups excluding carboxylic acids is 3. The number of esters is 1. The van der Waals surface area contributed by atoms with Crippen molar-refractivity contribution >= 4 is 46.1 Å². The summed E-state index contributed by atoms with van der Waals surface area (Å²) in [6, 6.07) is 18.7. The first-order valence-electron chi connectivity index (χ1n) is 11.8. The summed E-state index contributed by atoms with van der Waals surface area (Å²) in [5, 5.41) is 6.23. The number of amides is 2. The lowest BCUT2D eigenvalue weighted by Gasteiger charge is -2.23. The van der Waals surface area contributed by atoms with E-state index in [1.807, 2.05) is 73.5 Å². The number of ether oxygens (including phenoxy) is 1. The second kappa shape index (κ2) is 10.9. The monoisotopic (exact) mass is 499 g/mol. The Morgan fingerprint density at radius 1 is 1.05 bits per heavy atom. The topological polar surface area (TPSA) is 104 Å². The molecular formula is C28H29N5O4. The minimum Gasteiger partial charge on any atom is -0.464 e. The Kier molecular flexibility index (Phi) is 7.52. The molecule has 9 nitrogen and oxygen atoms in total. The molecule has 1 aliphatic rings. The highest BCUT2D eigenvalue weighted by Gasteiger charge is 2.30. The van der Waals surface area contributed by atoms with Crippen molar-refractivity contribution in [2.24, 2.45) is 0 Å². The van der Waals surface area contributed by atoms with Gasteiger partial charge >= 0.3 is 5.97 Å². The van der Waals surface area contributed by atoms with Crippen molar-refractivity contribution in [2.75, 3.05) is 49.8 Å². The number of hydrogen-bond donors (Lipinski definition) is 2. The number of nitrogens with zero attached hydrogens (tertiary/aromatic N) is 3. The van der Waals surface area contributed by atoms with E-state index < -0.39 is 5.97 Å². The fraction of sp³-hybridized carbons (Fsp3) is 0.214. The summed E-state index contributed by atoms with van der Waals surface area (Å²) in [5.74, 6) is -0.845. The van der Waals surface area contributed by atoms with E-state index in [1.165, 1.54) is 19.4 Å². The van der Waals surface area contributed by atoms with Crippen molar-refractivity contribution in [2.45, 2.75) is 6.92 Å². The number of fused-ring (bicyclic) bond motifs is 1. The SMILES string of the molecule is CCN(C)C(=O)CN(C)c1ccc(N/C(=C2\C(=O)Nc3cc(C(=O)OC)ncc32)c2ccccc2)cc1. The zero-order valence-electron chi connectivity index (χ0n) is 21.2. The number of aromatic nitrogens is 1. The van der Waals surface area contributed by atoms with E-state index in [-0.39, 0.29) is 24.1 Å². The molecular weight excluding hydrogens is 470 g/mol. The number of anilines is 3. The van der Waals surface area contributed by atoms with Crippen LogP contribution < -0.4 is 15.5 Å². The molecule has 2 heterocycles. The van der Waals surface area contributed by atoms with Crippen molar-refractivity contribution in [1.29, 1.82) is 0 Å². The largest absolute Gasteiger partial charge is 0.464 e. The molecule has 3 aromatic rings. The highest BCUT2D eigenvalue weighted by Crippen LogP contribution is 2.37. The summed E-state index contributed by atoms with van der Waals surface area (Å²) < 4.78 is 4.75. The first-order chi connectivity index (χ1) is 17.8. The molecule has 9 heteroatoms. The molecule has 0 aliphatic carbocycles. The normalized spacial score (nSPS) is 13.4. The van der Waals surface area contributed by atoms with Crippen LogP contribution >= 0.6 is 0 Å². The van der Waals surface area contributed by atoms with Gasteiger partial charge in [-0.05, 0) is 42.8 Å². The Labute approximate surface area is 215 Å². The van der Waals surface area contributed by atoms with Gasteiger partial charge in [-0.2, -0.15) is 0 Å². The molecule has 0 fully saturated rings. The van der Waals surface area contributed by atoms with E-state index in [0.717, 1.165) is 16.9 Å². The van der Waals surface area contributed by atoms with Crippen LogP contribution in [-0.2, 0) is 14.3 Å². The Hall–Kier alpha value is -4.66. The van der Waals surface area contributed by atoms with E-state index in [2.05, 4.69) is 15.6 Å². The van der Waals surface area contributed by atoms with Crippen LogP contribution in [0.25, 0.3) is 11.3 Å². The van der Waals surface area contributed by atoms with Crippen LogP contribution in [0.1, 0.15) is 28.5 Å². The summed E-state index contributed by atoms with van der Waals surface area (Å²) >= 11 is 0. The molecule has 0 unspecified atom stereocenters. The Bertz CT molecular complexity index is 1350. The molecule has 1 aromatic heterocycles. The summed E-state index contributed by atoms with van der Waals surface area (Å²) in [6.45, 7) is 2.87. The lowest BCUT2D eigenvalue weighted by molar-refractivity contribution is -0.128. The lowest BCUT2D eigenvalue weighted by Crippen LogP contribution is -2.36. The van der Waals surface area contributed by atoms with E-state index in [0.29, 0.717) is 29.1 Å². The highest BCUT2D eigenvalue weighted by atomic mass is 16.5. The van der Waals surface area contributed by atoms with Crippen molar-refractivity contribution in [3.05, 3.63) is 83.7 Å². The lowest BCUT2D eigenvalue weighted by atomic mass is 10.0. The van der Waals surface area contributed by atoms with Gasteiger partial charge in [-0.3, -0.25) is 9.59 Å². The fourth-order valence-electron chi connectivity index (χ4n) is 3.95. The van der Waals surface area contributed by atoms with Crippen LogP contribution in [0, 0.1) is 0 Å². The Balaban J connectivity index is 1.67. The predicted molar refractivity (Wildman–Crippen MR) is 144 cm³/mol. The van der Waals surface area contributed by atoms with Crippen LogP contribution in [0.3, 0.4) is 0 Å². The van der Waals surface area contributed by atoms with Gasteiger partial charge in [0.05, 0.1) is 30.6 Å². The number of hydrogen-bond acceptors (Lipinski definition) is 7. The van der Waals surface area contributed by atoms with E-state index in [9.17, 15) is 14.4 Å². The van der Waals surface area contributed by atoms with Gasteiger partial charge in [-0.25, -0.2) is 9.78 Å². The van der Waals surface area contributed by atoms with E-state index in [4.69, 9.17) is 4.74 Å². The number of benzene rings is 2. The van der Waals surface area contributed by atoms with Gasteiger partial charge < -0.3 is 25.2 Å². The molecule has 37 heavy (non-hydrogen) atoms. The second-order valence-electron chi connectivity index (χ2n) is 8.61. The molecule has 0 saturated heterocycles. The molecule has 4 rings (SSSR count). The molecule has 2 N–H and O–H groups in total. The molecule has 2 amide bonds. The molecule has 1 aliphatic heterocycles. The summed E-state index contributed by atoms with van der Waals surface area (Å²) in [4.78, 5) is 45.1. The number of likely N-dealkylation sites (N-methyl/N-ethyl adjacent to an activating group) is 2. The zero-order chi connectivity index (χ0) is 26.5. The summed E-state index contributed by atoms with van der Waals surface area (Å²) in [5.41, 5.74) is 4.67. The van der Waals surface area contributed by atoms with E-state index in [1.54, 1.807) is 11.9 Å². The van der Waals surface area contributed by atoms with Crippen LogP contribution in [-0.4, -0.2) is 62.0 Å². The third kappa shape index (κ3) is 5.45. The molecule has 0 bridgehead atoms. The molecule has 2 aromatic carbocycles. The Morgan fingerprint density at radius 3 is 2.41 bits per heavy atom. The average molecular weight is 500 g/mol. The fourth-order valence-corrected chi connectivity index (χ4v) is 3.95. The van der Waals surface area contributed by atoms with Crippen LogP contribution in [0.5, 0.6) is 0 Å². The molecule has 190 valence electrons. The second-order valence-corrected chi connectivity index (χ2v) is 8.61. The van der Waals surface area contributed by atoms with Gasteiger partial charge in [-0.15, -0.1) is 0 Å². The van der Waals surface area contributed by atoms with Crippen molar-refractivity contribution in [1.82, 2.24) is 9.88 Å². The van der Waals surface area contributed by atoms with Gasteiger partial charge in [0.25, 0.3) is 5.91 Å². The van der Waals surface area contributed by atoms with Crippen molar-refractivity contribution in [3.63, 3.8) is 0 Å². The quantitative estimate of drug-likeness (QED) is 0.360. The Morgan fingerprint density at radius 2 is 1.76 bits per heavy atom. The smallest absolute Gasteiger partial charge is 0.356 e. The van der Waals surface area contributed by atoms with Gasteiger partial charge in [0.1, 0.15) is 5.69 Å². The number of pyridine rings is 1. The van der Waals surface area contributed by atoms with Gasteiger partial charge in [0.2, 0.25) is 5.91 Å².